The summed E-state index contributed by atoms with van der Waals surface area (Å²) in [5.74, 6) is 0.762. The minimum Gasteiger partial charge on any atom is -0.496 e. The van der Waals surface area contributed by atoms with Gasteiger partial charge in [-0.3, -0.25) is 0 Å². The first-order valence-electron chi connectivity index (χ1n) is 6.19. The van der Waals surface area contributed by atoms with Gasteiger partial charge in [-0.2, -0.15) is 0 Å². The maximum Gasteiger partial charge on any atom is 0.124 e. The highest BCUT2D eigenvalue weighted by Crippen LogP contribution is 2.32. The first-order chi connectivity index (χ1) is 9.02. The Balaban J connectivity index is 2.51. The molecule has 0 spiro atoms. The fraction of sp³-hybridized carbons (Fsp3) is 0.250. The van der Waals surface area contributed by atoms with E-state index in [1.54, 1.807) is 13.2 Å². The van der Waals surface area contributed by atoms with E-state index in [-0.39, 0.29) is 6.04 Å². The Kier molecular flexibility index (Phi) is 4.13. The van der Waals surface area contributed by atoms with E-state index in [4.69, 9.17) is 22.1 Å². The van der Waals surface area contributed by atoms with E-state index in [1.165, 1.54) is 11.1 Å². The van der Waals surface area contributed by atoms with Crippen LogP contribution in [0.25, 0.3) is 0 Å². The first kappa shape index (κ1) is 13.9. The van der Waals surface area contributed by atoms with Gasteiger partial charge < -0.3 is 10.5 Å². The highest BCUT2D eigenvalue weighted by atomic mass is 35.5. The number of benzene rings is 2. The van der Waals surface area contributed by atoms with E-state index >= 15 is 0 Å². The summed E-state index contributed by atoms with van der Waals surface area (Å²) >= 11 is 6.07. The molecule has 1 unspecified atom stereocenters. The molecule has 0 amide bonds. The number of hydrogen-bond donors (Lipinski definition) is 1. The van der Waals surface area contributed by atoms with Crippen LogP contribution in [0.3, 0.4) is 0 Å². The quantitative estimate of drug-likeness (QED) is 0.918. The maximum absolute atomic E-state index is 6.39. The minimum atomic E-state index is -0.242. The number of ether oxygens (including phenoxy) is 1. The van der Waals surface area contributed by atoms with E-state index < -0.39 is 0 Å². The molecule has 19 heavy (non-hydrogen) atoms. The average Bonchev–Trinajstić information content (AvgIpc) is 2.40. The molecule has 0 heterocycles. The summed E-state index contributed by atoms with van der Waals surface area (Å²) in [6.45, 7) is 4.12. The zero-order chi connectivity index (χ0) is 14.0. The van der Waals surface area contributed by atoms with E-state index in [0.29, 0.717) is 5.02 Å². The van der Waals surface area contributed by atoms with E-state index in [9.17, 15) is 0 Å². The number of aryl methyl sites for hydroxylation is 2. The number of hydrogen-bond acceptors (Lipinski definition) is 2. The Morgan fingerprint density at radius 1 is 1.05 bits per heavy atom. The van der Waals surface area contributed by atoms with Crippen molar-refractivity contribution < 1.29 is 4.74 Å². The highest BCUT2D eigenvalue weighted by molar-refractivity contribution is 6.30. The summed E-state index contributed by atoms with van der Waals surface area (Å²) in [4.78, 5) is 0. The van der Waals surface area contributed by atoms with Crippen molar-refractivity contribution in [2.24, 2.45) is 5.73 Å². The van der Waals surface area contributed by atoms with Gasteiger partial charge in [0.25, 0.3) is 0 Å². The molecule has 0 saturated carbocycles. The molecule has 0 aromatic heterocycles. The zero-order valence-electron chi connectivity index (χ0n) is 11.4. The number of rotatable bonds is 3. The van der Waals surface area contributed by atoms with Crippen LogP contribution in [-0.4, -0.2) is 7.11 Å². The number of halogens is 1. The van der Waals surface area contributed by atoms with Crippen molar-refractivity contribution in [2.45, 2.75) is 19.9 Å². The predicted molar refractivity (Wildman–Crippen MR) is 80.0 cm³/mol. The highest BCUT2D eigenvalue weighted by Gasteiger charge is 2.16. The molecule has 0 saturated heterocycles. The van der Waals surface area contributed by atoms with Crippen molar-refractivity contribution >= 4 is 11.6 Å². The Morgan fingerprint density at radius 3 is 2.47 bits per heavy atom. The molecule has 0 aliphatic rings. The molecule has 0 aliphatic carbocycles. The molecule has 100 valence electrons. The molecule has 1 atom stereocenters. The van der Waals surface area contributed by atoms with E-state index in [1.807, 2.05) is 12.1 Å². The van der Waals surface area contributed by atoms with Gasteiger partial charge in [0.15, 0.2) is 0 Å². The third kappa shape index (κ3) is 2.91. The van der Waals surface area contributed by atoms with Crippen molar-refractivity contribution in [3.63, 3.8) is 0 Å². The lowest BCUT2D eigenvalue weighted by molar-refractivity contribution is 0.408. The molecular formula is C16H18ClNO. The van der Waals surface area contributed by atoms with Crippen LogP contribution < -0.4 is 10.5 Å². The third-order valence-corrected chi connectivity index (χ3v) is 3.53. The Morgan fingerprint density at radius 2 is 1.79 bits per heavy atom. The van der Waals surface area contributed by atoms with Crippen LogP contribution in [0.5, 0.6) is 5.75 Å². The molecule has 2 N–H and O–H groups in total. The summed E-state index contributed by atoms with van der Waals surface area (Å²) in [6.07, 6.45) is 0. The summed E-state index contributed by atoms with van der Waals surface area (Å²) in [7, 11) is 1.64. The van der Waals surface area contributed by atoms with Crippen molar-refractivity contribution in [2.75, 3.05) is 7.11 Å². The lowest BCUT2D eigenvalue weighted by atomic mass is 9.94. The normalized spacial score (nSPS) is 12.3. The van der Waals surface area contributed by atoms with Crippen LogP contribution in [-0.2, 0) is 0 Å². The molecule has 2 rings (SSSR count). The second kappa shape index (κ2) is 5.64. The van der Waals surface area contributed by atoms with Gasteiger partial charge in [-0.05, 0) is 43.2 Å². The van der Waals surface area contributed by atoms with E-state index in [0.717, 1.165) is 16.9 Å². The largest absolute Gasteiger partial charge is 0.496 e. The van der Waals surface area contributed by atoms with Gasteiger partial charge in [-0.25, -0.2) is 0 Å². The summed E-state index contributed by atoms with van der Waals surface area (Å²) in [5.41, 5.74) is 10.8. The van der Waals surface area contributed by atoms with Crippen LogP contribution in [0, 0.1) is 13.8 Å². The Bertz CT molecular complexity index is 595. The van der Waals surface area contributed by atoms with Crippen LogP contribution >= 0.6 is 11.6 Å². The summed E-state index contributed by atoms with van der Waals surface area (Å²) in [5, 5.41) is 0.663. The lowest BCUT2D eigenvalue weighted by Gasteiger charge is -2.19. The molecule has 0 radical (unpaired) electrons. The molecule has 0 bridgehead atoms. The molecule has 2 aromatic rings. The predicted octanol–water partition coefficient (Wildman–Crippen LogP) is 4.01. The van der Waals surface area contributed by atoms with Gasteiger partial charge in [0, 0.05) is 10.6 Å². The van der Waals surface area contributed by atoms with Gasteiger partial charge in [0.05, 0.1) is 13.2 Å². The standard InChI is InChI=1S/C16H18ClNO/c1-10-4-5-11(2)13(8-10)16(18)14-9-12(17)6-7-15(14)19-3/h4-9,16H,18H2,1-3H3. The fourth-order valence-corrected chi connectivity index (χ4v) is 2.39. The molecule has 3 heteroatoms. The number of nitrogens with two attached hydrogens (primary N) is 1. The third-order valence-electron chi connectivity index (χ3n) is 3.30. The monoisotopic (exact) mass is 275 g/mol. The first-order valence-corrected chi connectivity index (χ1v) is 6.57. The zero-order valence-corrected chi connectivity index (χ0v) is 12.2. The maximum atomic E-state index is 6.39. The van der Waals surface area contributed by atoms with Gasteiger partial charge in [-0.1, -0.05) is 35.4 Å². The van der Waals surface area contributed by atoms with Gasteiger partial charge in [-0.15, -0.1) is 0 Å². The van der Waals surface area contributed by atoms with Gasteiger partial charge in [0.1, 0.15) is 5.75 Å². The van der Waals surface area contributed by atoms with Gasteiger partial charge >= 0.3 is 0 Å². The van der Waals surface area contributed by atoms with E-state index in [2.05, 4.69) is 32.0 Å². The number of methoxy groups -OCH3 is 1. The topological polar surface area (TPSA) is 35.2 Å². The average molecular weight is 276 g/mol. The molecule has 2 nitrogen and oxygen atoms in total. The Labute approximate surface area is 119 Å². The van der Waals surface area contributed by atoms with Crippen LogP contribution in [0.1, 0.15) is 28.3 Å². The second-order valence-corrected chi connectivity index (χ2v) is 5.16. The SMILES string of the molecule is COc1ccc(Cl)cc1C(N)c1cc(C)ccc1C. The minimum absolute atomic E-state index is 0.242. The summed E-state index contributed by atoms with van der Waals surface area (Å²) < 4.78 is 5.37. The van der Waals surface area contributed by atoms with Crippen molar-refractivity contribution in [1.29, 1.82) is 0 Å². The fourth-order valence-electron chi connectivity index (χ4n) is 2.21. The molecule has 0 fully saturated rings. The van der Waals surface area contributed by atoms with Crippen LogP contribution in [0.15, 0.2) is 36.4 Å². The van der Waals surface area contributed by atoms with Gasteiger partial charge in [0.2, 0.25) is 0 Å². The van der Waals surface area contributed by atoms with Crippen molar-refractivity contribution in [3.05, 3.63) is 63.7 Å². The van der Waals surface area contributed by atoms with Crippen molar-refractivity contribution in [1.82, 2.24) is 0 Å². The Hall–Kier alpha value is -1.51. The molecule has 2 aromatic carbocycles. The smallest absolute Gasteiger partial charge is 0.124 e. The summed E-state index contributed by atoms with van der Waals surface area (Å²) in [6, 6.07) is 11.6. The second-order valence-electron chi connectivity index (χ2n) is 4.72. The molecule has 0 aliphatic heterocycles. The van der Waals surface area contributed by atoms with Crippen LogP contribution in [0.2, 0.25) is 5.02 Å². The van der Waals surface area contributed by atoms with Crippen molar-refractivity contribution in [3.8, 4) is 5.75 Å². The van der Waals surface area contributed by atoms with Crippen LogP contribution in [0.4, 0.5) is 0 Å². The molecular weight excluding hydrogens is 258 g/mol. The lowest BCUT2D eigenvalue weighted by Crippen LogP contribution is -2.14.